The van der Waals surface area contributed by atoms with Gasteiger partial charge in [-0.2, -0.15) is 4.98 Å². The molecule has 0 radical (unpaired) electrons. The third-order valence-corrected chi connectivity index (χ3v) is 3.85. The van der Waals surface area contributed by atoms with Gasteiger partial charge in [0, 0.05) is 17.7 Å². The minimum Gasteiger partial charge on any atom is -0.334 e. The van der Waals surface area contributed by atoms with Gasteiger partial charge >= 0.3 is 5.69 Å². The minimum absolute atomic E-state index is 0.154. The van der Waals surface area contributed by atoms with E-state index < -0.39 is 0 Å². The van der Waals surface area contributed by atoms with Crippen molar-refractivity contribution in [3.05, 3.63) is 58.8 Å². The van der Waals surface area contributed by atoms with Crippen LogP contribution in [0.5, 0.6) is 0 Å². The van der Waals surface area contributed by atoms with Crippen molar-refractivity contribution < 1.29 is 8.91 Å². The highest BCUT2D eigenvalue weighted by atomic mass is 19.1. The molecule has 7 heteroatoms. The SMILES string of the molecule is CCn1c(=O)[nH]c2cc(-c3noc(-c4cccc(F)c4)n3)ccc21. The Labute approximate surface area is 135 Å². The third-order valence-electron chi connectivity index (χ3n) is 3.85. The second kappa shape index (κ2) is 5.45. The first-order valence-electron chi connectivity index (χ1n) is 7.48. The average molecular weight is 324 g/mol. The van der Waals surface area contributed by atoms with E-state index in [0.29, 0.717) is 29.0 Å². The molecule has 0 spiro atoms. The van der Waals surface area contributed by atoms with Crippen molar-refractivity contribution in [3.63, 3.8) is 0 Å². The van der Waals surface area contributed by atoms with E-state index in [1.54, 1.807) is 22.8 Å². The lowest BCUT2D eigenvalue weighted by molar-refractivity contribution is 0.432. The van der Waals surface area contributed by atoms with E-state index in [0.717, 1.165) is 5.52 Å². The molecule has 0 atom stereocenters. The smallest absolute Gasteiger partial charge is 0.326 e. The largest absolute Gasteiger partial charge is 0.334 e. The van der Waals surface area contributed by atoms with Gasteiger partial charge in [0.15, 0.2) is 0 Å². The molecule has 120 valence electrons. The summed E-state index contributed by atoms with van der Waals surface area (Å²) in [5.41, 5.74) is 2.59. The number of hydrogen-bond donors (Lipinski definition) is 1. The van der Waals surface area contributed by atoms with E-state index in [9.17, 15) is 9.18 Å². The van der Waals surface area contributed by atoms with E-state index >= 15 is 0 Å². The molecule has 6 nitrogen and oxygen atoms in total. The summed E-state index contributed by atoms with van der Waals surface area (Å²) in [4.78, 5) is 19.0. The van der Waals surface area contributed by atoms with Crippen molar-refractivity contribution in [2.45, 2.75) is 13.5 Å². The Morgan fingerprint density at radius 2 is 2.08 bits per heavy atom. The predicted octanol–water partition coefficient (Wildman–Crippen LogP) is 3.21. The number of fused-ring (bicyclic) bond motifs is 1. The van der Waals surface area contributed by atoms with E-state index in [-0.39, 0.29) is 17.4 Å². The molecule has 24 heavy (non-hydrogen) atoms. The van der Waals surface area contributed by atoms with Crippen LogP contribution in [0.25, 0.3) is 33.9 Å². The number of imidazole rings is 1. The number of benzene rings is 2. The number of hydrogen-bond acceptors (Lipinski definition) is 4. The number of aromatic nitrogens is 4. The fourth-order valence-electron chi connectivity index (χ4n) is 2.70. The summed E-state index contributed by atoms with van der Waals surface area (Å²) >= 11 is 0. The standard InChI is InChI=1S/C17H13FN4O2/c1-2-22-14-7-6-10(9-13(14)19-17(22)23)15-20-16(24-21-15)11-4-3-5-12(18)8-11/h3-9H,2H2,1H3,(H,19,23). The summed E-state index contributed by atoms with van der Waals surface area (Å²) in [7, 11) is 0. The molecule has 0 aliphatic carbocycles. The van der Waals surface area contributed by atoms with Gasteiger partial charge < -0.3 is 9.51 Å². The van der Waals surface area contributed by atoms with Gasteiger partial charge in [0.2, 0.25) is 5.82 Å². The molecule has 2 aromatic heterocycles. The van der Waals surface area contributed by atoms with Crippen LogP contribution in [0.2, 0.25) is 0 Å². The first kappa shape index (κ1) is 14.4. The van der Waals surface area contributed by atoms with Crippen LogP contribution in [0.15, 0.2) is 51.8 Å². The molecule has 0 amide bonds. The molecule has 0 bridgehead atoms. The quantitative estimate of drug-likeness (QED) is 0.628. The summed E-state index contributed by atoms with van der Waals surface area (Å²) in [5, 5.41) is 3.94. The lowest BCUT2D eigenvalue weighted by atomic mass is 10.2. The van der Waals surface area contributed by atoms with Crippen LogP contribution in [0.1, 0.15) is 6.92 Å². The highest BCUT2D eigenvalue weighted by Gasteiger charge is 2.13. The number of halogens is 1. The molecule has 4 aromatic rings. The molecular formula is C17H13FN4O2. The number of aryl methyl sites for hydroxylation is 1. The average Bonchev–Trinajstić information content (AvgIpc) is 3.17. The minimum atomic E-state index is -0.368. The summed E-state index contributed by atoms with van der Waals surface area (Å²) in [6.07, 6.45) is 0. The van der Waals surface area contributed by atoms with Gasteiger partial charge in [0.1, 0.15) is 5.82 Å². The van der Waals surface area contributed by atoms with Crippen molar-refractivity contribution >= 4 is 11.0 Å². The van der Waals surface area contributed by atoms with Crippen LogP contribution in [-0.2, 0) is 6.54 Å². The molecule has 0 fully saturated rings. The first-order valence-corrected chi connectivity index (χ1v) is 7.48. The molecule has 0 saturated carbocycles. The molecule has 1 N–H and O–H groups in total. The zero-order valence-corrected chi connectivity index (χ0v) is 12.8. The Hall–Kier alpha value is -3.22. The topological polar surface area (TPSA) is 76.7 Å². The van der Waals surface area contributed by atoms with E-state index in [2.05, 4.69) is 15.1 Å². The number of nitrogens with one attached hydrogen (secondary N) is 1. The Morgan fingerprint density at radius 1 is 1.21 bits per heavy atom. The number of nitrogens with zero attached hydrogens (tertiary/aromatic N) is 3. The van der Waals surface area contributed by atoms with Crippen molar-refractivity contribution in [1.29, 1.82) is 0 Å². The molecule has 4 rings (SSSR count). The maximum Gasteiger partial charge on any atom is 0.326 e. The van der Waals surface area contributed by atoms with Gasteiger partial charge in [-0.25, -0.2) is 9.18 Å². The van der Waals surface area contributed by atoms with Gasteiger partial charge in [-0.15, -0.1) is 0 Å². The van der Waals surface area contributed by atoms with E-state index in [1.165, 1.54) is 12.1 Å². The van der Waals surface area contributed by atoms with Gasteiger partial charge in [-0.05, 0) is 43.3 Å². The van der Waals surface area contributed by atoms with Gasteiger partial charge in [0.05, 0.1) is 11.0 Å². The molecule has 0 saturated heterocycles. The highest BCUT2D eigenvalue weighted by molar-refractivity contribution is 5.80. The number of H-pyrrole nitrogens is 1. The van der Waals surface area contributed by atoms with Gasteiger partial charge in [0.25, 0.3) is 5.89 Å². The molecule has 0 aliphatic heterocycles. The molecular weight excluding hydrogens is 311 g/mol. The fourth-order valence-corrected chi connectivity index (χ4v) is 2.70. The van der Waals surface area contributed by atoms with Gasteiger partial charge in [-0.1, -0.05) is 11.2 Å². The number of aromatic amines is 1. The third kappa shape index (κ3) is 2.30. The molecule has 0 unspecified atom stereocenters. The van der Waals surface area contributed by atoms with Gasteiger partial charge in [-0.3, -0.25) is 4.57 Å². The summed E-state index contributed by atoms with van der Waals surface area (Å²) in [5.74, 6) is 0.248. The van der Waals surface area contributed by atoms with Crippen molar-refractivity contribution in [1.82, 2.24) is 19.7 Å². The van der Waals surface area contributed by atoms with Crippen LogP contribution in [-0.4, -0.2) is 19.7 Å². The Kier molecular flexibility index (Phi) is 3.26. The molecule has 0 aliphatic rings. The Morgan fingerprint density at radius 3 is 2.88 bits per heavy atom. The van der Waals surface area contributed by atoms with Crippen LogP contribution < -0.4 is 5.69 Å². The zero-order chi connectivity index (χ0) is 16.7. The number of rotatable bonds is 3. The predicted molar refractivity (Wildman–Crippen MR) is 86.9 cm³/mol. The van der Waals surface area contributed by atoms with E-state index in [4.69, 9.17) is 4.52 Å². The zero-order valence-electron chi connectivity index (χ0n) is 12.8. The van der Waals surface area contributed by atoms with Crippen LogP contribution in [0, 0.1) is 5.82 Å². The fraction of sp³-hybridized carbons (Fsp3) is 0.118. The normalized spacial score (nSPS) is 11.2. The highest BCUT2D eigenvalue weighted by Crippen LogP contribution is 2.24. The Bertz CT molecular complexity index is 1090. The van der Waals surface area contributed by atoms with Crippen LogP contribution >= 0.6 is 0 Å². The van der Waals surface area contributed by atoms with Crippen LogP contribution in [0.4, 0.5) is 4.39 Å². The Balaban J connectivity index is 1.77. The second-order valence-corrected chi connectivity index (χ2v) is 5.34. The van der Waals surface area contributed by atoms with Crippen molar-refractivity contribution in [2.24, 2.45) is 0 Å². The maximum absolute atomic E-state index is 13.3. The van der Waals surface area contributed by atoms with Crippen molar-refractivity contribution in [2.75, 3.05) is 0 Å². The summed E-state index contributed by atoms with van der Waals surface area (Å²) in [6, 6.07) is 11.4. The van der Waals surface area contributed by atoms with Crippen LogP contribution in [0.3, 0.4) is 0 Å². The summed E-state index contributed by atoms with van der Waals surface area (Å²) in [6.45, 7) is 2.50. The molecule has 2 heterocycles. The first-order chi connectivity index (χ1) is 11.7. The van der Waals surface area contributed by atoms with Crippen molar-refractivity contribution in [3.8, 4) is 22.8 Å². The monoisotopic (exact) mass is 324 g/mol. The second-order valence-electron chi connectivity index (χ2n) is 5.34. The lowest BCUT2D eigenvalue weighted by Crippen LogP contribution is -2.14. The summed E-state index contributed by atoms with van der Waals surface area (Å²) < 4.78 is 20.2. The lowest BCUT2D eigenvalue weighted by Gasteiger charge is -1.98. The molecule has 2 aromatic carbocycles. The van der Waals surface area contributed by atoms with E-state index in [1.807, 2.05) is 19.1 Å². The maximum atomic E-state index is 13.3.